The highest BCUT2D eigenvalue weighted by Crippen LogP contribution is 2.36. The highest BCUT2D eigenvalue weighted by molar-refractivity contribution is 7.13. The summed E-state index contributed by atoms with van der Waals surface area (Å²) in [6.07, 6.45) is 3.53. The van der Waals surface area contributed by atoms with Crippen molar-refractivity contribution in [2.45, 2.75) is 46.1 Å². The molecule has 1 atom stereocenters. The van der Waals surface area contributed by atoms with Gasteiger partial charge in [0.25, 0.3) is 5.13 Å². The average Bonchev–Trinajstić information content (AvgIpc) is 3.05. The van der Waals surface area contributed by atoms with Crippen molar-refractivity contribution in [2.24, 2.45) is 10.2 Å². The van der Waals surface area contributed by atoms with Gasteiger partial charge in [0.15, 0.2) is 0 Å². The van der Waals surface area contributed by atoms with Gasteiger partial charge in [0, 0.05) is 18.3 Å². The zero-order valence-electron chi connectivity index (χ0n) is 13.3. The molecule has 6 heteroatoms. The summed E-state index contributed by atoms with van der Waals surface area (Å²) in [5.74, 6) is 0. The highest BCUT2D eigenvalue weighted by Gasteiger charge is 2.24. The van der Waals surface area contributed by atoms with E-state index in [1.807, 2.05) is 0 Å². The van der Waals surface area contributed by atoms with E-state index in [4.69, 9.17) is 0 Å². The number of azo groups is 1. The van der Waals surface area contributed by atoms with Crippen LogP contribution >= 0.6 is 11.3 Å². The molecule has 0 bridgehead atoms. The van der Waals surface area contributed by atoms with Crippen molar-refractivity contribution in [3.63, 3.8) is 0 Å². The third-order valence-corrected chi connectivity index (χ3v) is 4.87. The van der Waals surface area contributed by atoms with Crippen molar-refractivity contribution in [3.8, 4) is 0 Å². The van der Waals surface area contributed by atoms with Gasteiger partial charge in [-0.2, -0.15) is 0 Å². The largest absolute Gasteiger partial charge is 0.369 e. The van der Waals surface area contributed by atoms with Crippen molar-refractivity contribution < 1.29 is 0 Å². The van der Waals surface area contributed by atoms with E-state index in [0.717, 1.165) is 24.2 Å². The number of fused-ring (bicyclic) bond motifs is 1. The van der Waals surface area contributed by atoms with Crippen LogP contribution in [0.15, 0.2) is 27.9 Å². The van der Waals surface area contributed by atoms with Crippen LogP contribution in [0.5, 0.6) is 0 Å². The summed E-state index contributed by atoms with van der Waals surface area (Å²) in [5, 5.41) is 16.8. The van der Waals surface area contributed by atoms with Crippen LogP contribution in [0.4, 0.5) is 16.5 Å². The second-order valence-electron chi connectivity index (χ2n) is 5.58. The minimum Gasteiger partial charge on any atom is -0.369 e. The fourth-order valence-corrected chi connectivity index (χ4v) is 3.51. The molecule has 2 aromatic rings. The highest BCUT2D eigenvalue weighted by atomic mass is 32.1. The first kappa shape index (κ1) is 15.1. The lowest BCUT2D eigenvalue weighted by Crippen LogP contribution is -2.38. The number of anilines is 1. The van der Waals surface area contributed by atoms with Crippen molar-refractivity contribution in [2.75, 3.05) is 11.4 Å². The van der Waals surface area contributed by atoms with Crippen LogP contribution in [0.3, 0.4) is 0 Å². The van der Waals surface area contributed by atoms with Crippen molar-refractivity contribution in [1.82, 2.24) is 10.2 Å². The minimum atomic E-state index is 0.596. The molecule has 3 rings (SSSR count). The third kappa shape index (κ3) is 2.88. The van der Waals surface area contributed by atoms with Gasteiger partial charge in [-0.15, -0.1) is 20.4 Å². The second-order valence-corrected chi connectivity index (χ2v) is 6.39. The molecule has 1 unspecified atom stereocenters. The van der Waals surface area contributed by atoms with Gasteiger partial charge < -0.3 is 4.90 Å². The van der Waals surface area contributed by atoms with Crippen LogP contribution in [-0.4, -0.2) is 22.8 Å². The molecule has 0 aliphatic carbocycles. The molecule has 0 saturated carbocycles. The van der Waals surface area contributed by atoms with Crippen molar-refractivity contribution in [1.29, 1.82) is 0 Å². The Labute approximate surface area is 135 Å². The number of rotatable bonds is 4. The fraction of sp³-hybridized carbons (Fsp3) is 0.500. The molecular formula is C16H21N5S. The number of aromatic nitrogens is 2. The quantitative estimate of drug-likeness (QED) is 0.761. The van der Waals surface area contributed by atoms with Crippen LogP contribution < -0.4 is 4.90 Å². The summed E-state index contributed by atoms with van der Waals surface area (Å²) < 4.78 is 0. The molecule has 0 amide bonds. The molecule has 1 aromatic carbocycles. The maximum Gasteiger partial charge on any atom is 0.251 e. The molecule has 116 valence electrons. The van der Waals surface area contributed by atoms with E-state index in [9.17, 15) is 0 Å². The van der Waals surface area contributed by atoms with Gasteiger partial charge in [-0.25, -0.2) is 0 Å². The van der Waals surface area contributed by atoms with Gasteiger partial charge in [-0.1, -0.05) is 18.3 Å². The molecule has 1 aromatic heterocycles. The zero-order valence-corrected chi connectivity index (χ0v) is 14.1. The van der Waals surface area contributed by atoms with E-state index in [2.05, 4.69) is 58.2 Å². The van der Waals surface area contributed by atoms with Gasteiger partial charge >= 0.3 is 0 Å². The van der Waals surface area contributed by atoms with Crippen LogP contribution in [0, 0.1) is 6.92 Å². The molecular weight excluding hydrogens is 294 g/mol. The zero-order chi connectivity index (χ0) is 15.5. The van der Waals surface area contributed by atoms with Gasteiger partial charge in [-0.3, -0.25) is 0 Å². The van der Waals surface area contributed by atoms with Gasteiger partial charge in [0.1, 0.15) is 5.51 Å². The van der Waals surface area contributed by atoms with Crippen LogP contribution in [0.1, 0.15) is 37.8 Å². The Morgan fingerprint density at radius 1 is 1.32 bits per heavy atom. The molecule has 5 nitrogen and oxygen atoms in total. The number of benzene rings is 1. The summed E-state index contributed by atoms with van der Waals surface area (Å²) >= 11 is 1.39. The number of hydrogen-bond donors (Lipinski definition) is 0. The fourth-order valence-electron chi connectivity index (χ4n) is 3.14. The summed E-state index contributed by atoms with van der Waals surface area (Å²) in [7, 11) is 0. The first-order chi connectivity index (χ1) is 10.7. The van der Waals surface area contributed by atoms with Gasteiger partial charge in [-0.05, 0) is 56.4 Å². The molecule has 0 spiro atoms. The Kier molecular flexibility index (Phi) is 4.47. The van der Waals surface area contributed by atoms with Crippen LogP contribution in [0.25, 0.3) is 0 Å². The molecule has 1 aliphatic rings. The molecule has 22 heavy (non-hydrogen) atoms. The normalized spacial score (nSPS) is 18.0. The van der Waals surface area contributed by atoms with Gasteiger partial charge in [0.2, 0.25) is 0 Å². The van der Waals surface area contributed by atoms with Crippen LogP contribution in [0.2, 0.25) is 0 Å². The Balaban J connectivity index is 1.93. The minimum absolute atomic E-state index is 0.596. The predicted molar refractivity (Wildman–Crippen MR) is 90.7 cm³/mol. The topological polar surface area (TPSA) is 53.7 Å². The molecule has 0 fully saturated rings. The predicted octanol–water partition coefficient (Wildman–Crippen LogP) is 4.81. The van der Waals surface area contributed by atoms with E-state index in [1.54, 1.807) is 5.51 Å². The van der Waals surface area contributed by atoms with Crippen molar-refractivity contribution >= 4 is 27.8 Å². The third-order valence-electron chi connectivity index (χ3n) is 4.30. The number of nitrogens with zero attached hydrogens (tertiary/aromatic N) is 5. The maximum atomic E-state index is 4.36. The van der Waals surface area contributed by atoms with Crippen molar-refractivity contribution in [3.05, 3.63) is 28.8 Å². The lowest BCUT2D eigenvalue weighted by Gasteiger charge is -2.38. The first-order valence-electron chi connectivity index (χ1n) is 7.81. The lowest BCUT2D eigenvalue weighted by atomic mass is 9.92. The number of aryl methyl sites for hydroxylation is 2. The van der Waals surface area contributed by atoms with Crippen LogP contribution in [-0.2, 0) is 6.42 Å². The summed E-state index contributed by atoms with van der Waals surface area (Å²) in [6, 6.07) is 5.10. The Hall–Kier alpha value is -1.82. The molecule has 0 radical (unpaired) electrons. The maximum absolute atomic E-state index is 4.36. The summed E-state index contributed by atoms with van der Waals surface area (Å²) in [6.45, 7) is 7.65. The first-order valence-corrected chi connectivity index (χ1v) is 8.69. The Morgan fingerprint density at radius 2 is 2.18 bits per heavy atom. The smallest absolute Gasteiger partial charge is 0.251 e. The second kappa shape index (κ2) is 6.52. The standard InChI is InChI=1S/C16H21N5S/c1-4-13-7-6-12-9-14(18-20-16-19-17-10-22-16)11(3)8-15(12)21(13)5-2/h8-10,13H,4-7H2,1-3H3. The van der Waals surface area contributed by atoms with E-state index in [1.165, 1.54) is 35.4 Å². The average molecular weight is 315 g/mol. The molecule has 0 saturated heterocycles. The van der Waals surface area contributed by atoms with E-state index < -0.39 is 0 Å². The number of hydrogen-bond acceptors (Lipinski definition) is 6. The molecule has 0 N–H and O–H groups in total. The summed E-state index contributed by atoms with van der Waals surface area (Å²) in [4.78, 5) is 2.53. The Bertz CT molecular complexity index is 665. The van der Waals surface area contributed by atoms with E-state index in [0.29, 0.717) is 11.2 Å². The SMILES string of the molecule is CCC1CCc2cc(N=Nc3nncs3)c(C)cc2N1CC. The lowest BCUT2D eigenvalue weighted by molar-refractivity contribution is 0.521. The molecule has 1 aliphatic heterocycles. The monoisotopic (exact) mass is 315 g/mol. The van der Waals surface area contributed by atoms with E-state index in [-0.39, 0.29) is 0 Å². The van der Waals surface area contributed by atoms with E-state index >= 15 is 0 Å². The summed E-state index contributed by atoms with van der Waals surface area (Å²) in [5.41, 5.74) is 6.50. The van der Waals surface area contributed by atoms with Gasteiger partial charge in [0.05, 0.1) is 5.69 Å². The Morgan fingerprint density at radius 3 is 2.86 bits per heavy atom. The molecule has 2 heterocycles.